The molecule has 5 heteroatoms. The summed E-state index contributed by atoms with van der Waals surface area (Å²) in [6.45, 7) is 4.59. The Hall–Kier alpha value is -1.62. The summed E-state index contributed by atoms with van der Waals surface area (Å²) in [5, 5.41) is 0. The highest BCUT2D eigenvalue weighted by Gasteiger charge is 2.20. The summed E-state index contributed by atoms with van der Waals surface area (Å²) < 4.78 is 11.2. The Kier molecular flexibility index (Phi) is 7.15. The van der Waals surface area contributed by atoms with Crippen molar-refractivity contribution in [3.63, 3.8) is 0 Å². The van der Waals surface area contributed by atoms with Crippen LogP contribution in [-0.2, 0) is 19.1 Å². The van der Waals surface area contributed by atoms with E-state index in [-0.39, 0.29) is 0 Å². The first-order valence-electron chi connectivity index (χ1n) is 6.72. The summed E-state index contributed by atoms with van der Waals surface area (Å²) in [5.74, 6) is -0.974. The molecule has 21 heavy (non-hydrogen) atoms. The van der Waals surface area contributed by atoms with Crippen molar-refractivity contribution in [1.82, 2.24) is 0 Å². The van der Waals surface area contributed by atoms with E-state index < -0.39 is 18.2 Å². The molecule has 0 aliphatic rings. The standard InChI is InChI=1S/C16H19BrO4/c1-4-5-14(10-13-6-8-15(17)9-7-13)16(20-11(2)18)21-12(3)19/h6-10,16H,4-5H2,1-3H3/b14-10+. The van der Waals surface area contributed by atoms with E-state index in [2.05, 4.69) is 15.9 Å². The molecule has 0 atom stereocenters. The fourth-order valence-electron chi connectivity index (χ4n) is 1.80. The van der Waals surface area contributed by atoms with E-state index in [9.17, 15) is 9.59 Å². The van der Waals surface area contributed by atoms with Crippen molar-refractivity contribution in [2.45, 2.75) is 39.9 Å². The molecule has 4 nitrogen and oxygen atoms in total. The summed E-state index contributed by atoms with van der Waals surface area (Å²) in [6, 6.07) is 7.70. The van der Waals surface area contributed by atoms with Crippen LogP contribution in [0.15, 0.2) is 34.3 Å². The molecule has 1 rings (SSSR count). The largest absolute Gasteiger partial charge is 0.421 e. The van der Waals surface area contributed by atoms with Crippen molar-refractivity contribution in [3.8, 4) is 0 Å². The Labute approximate surface area is 133 Å². The summed E-state index contributed by atoms with van der Waals surface area (Å²) in [6.07, 6.45) is 2.43. The molecular formula is C16H19BrO4. The lowest BCUT2D eigenvalue weighted by molar-refractivity contribution is -0.178. The van der Waals surface area contributed by atoms with Gasteiger partial charge in [-0.15, -0.1) is 0 Å². The van der Waals surface area contributed by atoms with Crippen LogP contribution in [0.5, 0.6) is 0 Å². The zero-order valence-corrected chi connectivity index (χ0v) is 14.0. The molecule has 1 aromatic rings. The van der Waals surface area contributed by atoms with E-state index >= 15 is 0 Å². The molecule has 0 saturated heterocycles. The first kappa shape index (κ1) is 17.4. The molecular weight excluding hydrogens is 336 g/mol. The molecule has 114 valence electrons. The maximum absolute atomic E-state index is 11.2. The number of halogens is 1. The van der Waals surface area contributed by atoms with Gasteiger partial charge in [0.15, 0.2) is 0 Å². The van der Waals surface area contributed by atoms with Crippen LogP contribution >= 0.6 is 15.9 Å². The number of rotatable bonds is 6. The predicted octanol–water partition coefficient (Wildman–Crippen LogP) is 4.08. The lowest BCUT2D eigenvalue weighted by Crippen LogP contribution is -2.24. The summed E-state index contributed by atoms with van der Waals surface area (Å²) in [7, 11) is 0. The van der Waals surface area contributed by atoms with E-state index in [0.29, 0.717) is 6.42 Å². The van der Waals surface area contributed by atoms with Gasteiger partial charge < -0.3 is 9.47 Å². The van der Waals surface area contributed by atoms with Gasteiger partial charge in [-0.2, -0.15) is 0 Å². The minimum atomic E-state index is -0.969. The maximum atomic E-state index is 11.2. The number of hydrogen-bond acceptors (Lipinski definition) is 4. The molecule has 0 N–H and O–H groups in total. The summed E-state index contributed by atoms with van der Waals surface area (Å²) >= 11 is 3.38. The van der Waals surface area contributed by atoms with Crippen LogP contribution in [0.2, 0.25) is 0 Å². The van der Waals surface area contributed by atoms with Crippen molar-refractivity contribution in [2.75, 3.05) is 0 Å². The highest BCUT2D eigenvalue weighted by atomic mass is 79.9. The number of esters is 2. The SMILES string of the molecule is CCC/C(=C\c1ccc(Br)cc1)C(OC(C)=O)OC(C)=O. The fraction of sp³-hybridized carbons (Fsp3) is 0.375. The molecule has 1 aromatic carbocycles. The Balaban J connectivity index is 3.06. The van der Waals surface area contributed by atoms with Gasteiger partial charge in [-0.05, 0) is 30.2 Å². The van der Waals surface area contributed by atoms with E-state index in [0.717, 1.165) is 22.0 Å². The molecule has 0 bridgehead atoms. The van der Waals surface area contributed by atoms with Gasteiger partial charge in [-0.1, -0.05) is 41.4 Å². The van der Waals surface area contributed by atoms with E-state index in [1.165, 1.54) is 13.8 Å². The fourth-order valence-corrected chi connectivity index (χ4v) is 2.06. The minimum Gasteiger partial charge on any atom is -0.421 e. The molecule has 0 radical (unpaired) electrons. The van der Waals surface area contributed by atoms with Crippen LogP contribution in [0, 0.1) is 0 Å². The van der Waals surface area contributed by atoms with Gasteiger partial charge in [0.05, 0.1) is 0 Å². The highest BCUT2D eigenvalue weighted by Crippen LogP contribution is 2.20. The molecule has 0 aromatic heterocycles. The quantitative estimate of drug-likeness (QED) is 0.570. The van der Waals surface area contributed by atoms with Crippen molar-refractivity contribution >= 4 is 33.9 Å². The normalized spacial score (nSPS) is 11.4. The summed E-state index contributed by atoms with van der Waals surface area (Å²) in [5.41, 5.74) is 1.70. The second kappa shape index (κ2) is 8.62. The monoisotopic (exact) mass is 354 g/mol. The highest BCUT2D eigenvalue weighted by molar-refractivity contribution is 9.10. The average Bonchev–Trinajstić information content (AvgIpc) is 2.39. The Bertz CT molecular complexity index is 504. The van der Waals surface area contributed by atoms with Gasteiger partial charge in [0.1, 0.15) is 0 Å². The zero-order valence-electron chi connectivity index (χ0n) is 12.4. The molecule has 0 fully saturated rings. The van der Waals surface area contributed by atoms with Gasteiger partial charge in [0, 0.05) is 23.9 Å². The first-order chi connectivity index (χ1) is 9.92. The smallest absolute Gasteiger partial charge is 0.305 e. The van der Waals surface area contributed by atoms with Crippen LogP contribution in [-0.4, -0.2) is 18.2 Å². The van der Waals surface area contributed by atoms with Crippen molar-refractivity contribution < 1.29 is 19.1 Å². The Morgan fingerprint density at radius 3 is 2.10 bits per heavy atom. The number of carbonyl (C=O) groups is 2. The van der Waals surface area contributed by atoms with Gasteiger partial charge in [0.25, 0.3) is 6.29 Å². The lowest BCUT2D eigenvalue weighted by Gasteiger charge is -2.19. The van der Waals surface area contributed by atoms with Crippen molar-refractivity contribution in [2.24, 2.45) is 0 Å². The van der Waals surface area contributed by atoms with Gasteiger partial charge >= 0.3 is 11.9 Å². The second-order valence-corrected chi connectivity index (χ2v) is 5.49. The van der Waals surface area contributed by atoms with Crippen molar-refractivity contribution in [1.29, 1.82) is 0 Å². The van der Waals surface area contributed by atoms with Crippen LogP contribution in [0.1, 0.15) is 39.2 Å². The van der Waals surface area contributed by atoms with Crippen molar-refractivity contribution in [3.05, 3.63) is 39.9 Å². The third-order valence-electron chi connectivity index (χ3n) is 2.61. The Morgan fingerprint density at radius 1 is 1.14 bits per heavy atom. The van der Waals surface area contributed by atoms with E-state index in [1.54, 1.807) is 0 Å². The molecule has 0 heterocycles. The van der Waals surface area contributed by atoms with Gasteiger partial charge in [-0.25, -0.2) is 0 Å². The molecule has 0 spiro atoms. The lowest BCUT2D eigenvalue weighted by atomic mass is 10.1. The minimum absolute atomic E-state index is 0.487. The molecule has 0 unspecified atom stereocenters. The number of ether oxygens (including phenoxy) is 2. The third kappa shape index (κ3) is 6.58. The average molecular weight is 355 g/mol. The maximum Gasteiger partial charge on any atom is 0.305 e. The van der Waals surface area contributed by atoms with Crippen LogP contribution in [0.25, 0.3) is 6.08 Å². The topological polar surface area (TPSA) is 52.6 Å². The number of benzene rings is 1. The zero-order chi connectivity index (χ0) is 15.8. The third-order valence-corrected chi connectivity index (χ3v) is 3.14. The predicted molar refractivity (Wildman–Crippen MR) is 84.3 cm³/mol. The first-order valence-corrected chi connectivity index (χ1v) is 7.52. The Morgan fingerprint density at radius 2 is 1.67 bits per heavy atom. The summed E-state index contributed by atoms with van der Waals surface area (Å²) in [4.78, 5) is 22.4. The van der Waals surface area contributed by atoms with Crippen LogP contribution < -0.4 is 0 Å². The molecule has 0 aliphatic carbocycles. The van der Waals surface area contributed by atoms with Crippen LogP contribution in [0.3, 0.4) is 0 Å². The molecule has 0 amide bonds. The van der Waals surface area contributed by atoms with E-state index in [4.69, 9.17) is 9.47 Å². The number of hydrogen-bond donors (Lipinski definition) is 0. The molecule has 0 saturated carbocycles. The van der Waals surface area contributed by atoms with Crippen LogP contribution in [0.4, 0.5) is 0 Å². The van der Waals surface area contributed by atoms with Gasteiger partial charge in [0.2, 0.25) is 0 Å². The second-order valence-electron chi connectivity index (χ2n) is 4.57. The number of carbonyl (C=O) groups excluding carboxylic acids is 2. The molecule has 0 aliphatic heterocycles. The van der Waals surface area contributed by atoms with E-state index in [1.807, 2.05) is 37.3 Å². The van der Waals surface area contributed by atoms with Gasteiger partial charge in [-0.3, -0.25) is 9.59 Å².